The summed E-state index contributed by atoms with van der Waals surface area (Å²) in [4.78, 5) is 0. The Morgan fingerprint density at radius 2 is 1.88 bits per heavy atom. The molecule has 0 spiro atoms. The molecule has 0 saturated carbocycles. The molecule has 98 valence electrons. The van der Waals surface area contributed by atoms with Crippen LogP contribution in [0.2, 0.25) is 0 Å². The van der Waals surface area contributed by atoms with Crippen molar-refractivity contribution in [2.24, 2.45) is 11.3 Å². The number of sulfonamides is 1. The highest BCUT2D eigenvalue weighted by molar-refractivity contribution is 7.89. The predicted octanol–water partition coefficient (Wildman–Crippen LogP) is 2.61. The minimum atomic E-state index is -3.12. The normalized spacial score (nSPS) is 13.4. The van der Waals surface area contributed by atoms with Gasteiger partial charge in [0.2, 0.25) is 10.0 Å². The van der Waals surface area contributed by atoms with Gasteiger partial charge in [-0.25, -0.2) is 13.1 Å². The number of alkyl halides is 1. The molecule has 0 aromatic heterocycles. The van der Waals surface area contributed by atoms with Crippen LogP contribution in [0, 0.1) is 11.3 Å². The van der Waals surface area contributed by atoms with Crippen LogP contribution in [-0.4, -0.2) is 26.6 Å². The monoisotopic (exact) mass is 269 g/mol. The molecule has 1 N–H and O–H groups in total. The lowest BCUT2D eigenvalue weighted by Gasteiger charge is -2.24. The van der Waals surface area contributed by atoms with E-state index < -0.39 is 10.0 Å². The van der Waals surface area contributed by atoms with E-state index in [2.05, 4.69) is 18.6 Å². The van der Waals surface area contributed by atoms with Crippen molar-refractivity contribution in [3.63, 3.8) is 0 Å². The molecule has 0 aromatic rings. The van der Waals surface area contributed by atoms with Crippen LogP contribution in [0.5, 0.6) is 0 Å². The smallest absolute Gasteiger partial charge is 0.211 e. The molecule has 0 radical (unpaired) electrons. The first-order chi connectivity index (χ1) is 7.18. The molecule has 0 aromatic carbocycles. The van der Waals surface area contributed by atoms with E-state index in [0.717, 1.165) is 12.8 Å². The minimum absolute atomic E-state index is 0.0288. The van der Waals surface area contributed by atoms with Crippen molar-refractivity contribution in [3.05, 3.63) is 0 Å². The summed E-state index contributed by atoms with van der Waals surface area (Å²) in [6.45, 7) is 8.39. The van der Waals surface area contributed by atoms with E-state index in [1.165, 1.54) is 0 Å². The second kappa shape index (κ2) is 6.82. The third-order valence-electron chi connectivity index (χ3n) is 2.31. The maximum Gasteiger partial charge on any atom is 0.211 e. The van der Waals surface area contributed by atoms with Crippen molar-refractivity contribution in [2.45, 2.75) is 40.5 Å². The molecule has 0 unspecified atom stereocenters. The Morgan fingerprint density at radius 3 is 2.31 bits per heavy atom. The fourth-order valence-electron chi connectivity index (χ4n) is 1.44. The lowest BCUT2D eigenvalue weighted by molar-refractivity contribution is 0.331. The van der Waals surface area contributed by atoms with Crippen LogP contribution >= 0.6 is 11.6 Å². The molecule has 0 atom stereocenters. The van der Waals surface area contributed by atoms with E-state index in [9.17, 15) is 8.42 Å². The first kappa shape index (κ1) is 16.2. The first-order valence-corrected chi connectivity index (χ1v) is 7.90. The van der Waals surface area contributed by atoms with Crippen LogP contribution in [0.1, 0.15) is 40.5 Å². The molecule has 0 bridgehead atoms. The third-order valence-corrected chi connectivity index (χ3v) is 4.27. The highest BCUT2D eigenvalue weighted by Crippen LogP contribution is 2.21. The molecule has 0 rings (SSSR count). The molecule has 0 aliphatic carbocycles. The van der Waals surface area contributed by atoms with Crippen LogP contribution < -0.4 is 4.72 Å². The van der Waals surface area contributed by atoms with E-state index in [-0.39, 0.29) is 17.1 Å². The Hall–Kier alpha value is 0.200. The van der Waals surface area contributed by atoms with Gasteiger partial charge in [0.25, 0.3) is 0 Å². The Kier molecular flexibility index (Phi) is 6.90. The Morgan fingerprint density at radius 1 is 1.31 bits per heavy atom. The fraction of sp³-hybridized carbons (Fsp3) is 1.00. The minimum Gasteiger partial charge on any atom is -0.215 e. The van der Waals surface area contributed by atoms with Crippen LogP contribution in [-0.2, 0) is 10.0 Å². The second-order valence-corrected chi connectivity index (χ2v) is 7.68. The van der Waals surface area contributed by atoms with Gasteiger partial charge in [-0.1, -0.05) is 27.7 Å². The summed E-state index contributed by atoms with van der Waals surface area (Å²) < 4.78 is 25.9. The zero-order valence-electron chi connectivity index (χ0n) is 10.7. The van der Waals surface area contributed by atoms with Crippen molar-refractivity contribution in [2.75, 3.05) is 18.2 Å². The number of halogens is 1. The molecular weight excluding hydrogens is 246 g/mol. The van der Waals surface area contributed by atoms with Crippen molar-refractivity contribution < 1.29 is 8.42 Å². The van der Waals surface area contributed by atoms with Gasteiger partial charge >= 0.3 is 0 Å². The average Bonchev–Trinajstić information content (AvgIpc) is 2.10. The number of hydrogen-bond donors (Lipinski definition) is 1. The van der Waals surface area contributed by atoms with Crippen molar-refractivity contribution in [1.29, 1.82) is 0 Å². The van der Waals surface area contributed by atoms with Gasteiger partial charge in [0.1, 0.15) is 0 Å². The standard InChI is InChI=1S/C11H24ClNO2S/c1-10(2)8-16(14,15)13-9-11(3,4)6-5-7-12/h10,13H,5-9H2,1-4H3. The van der Waals surface area contributed by atoms with Crippen LogP contribution in [0.25, 0.3) is 0 Å². The molecule has 3 nitrogen and oxygen atoms in total. The molecule has 0 aliphatic heterocycles. The summed E-state index contributed by atoms with van der Waals surface area (Å²) in [6.07, 6.45) is 1.85. The summed E-state index contributed by atoms with van der Waals surface area (Å²) in [7, 11) is -3.12. The highest BCUT2D eigenvalue weighted by Gasteiger charge is 2.21. The summed E-state index contributed by atoms with van der Waals surface area (Å²) in [5, 5.41) is 0. The lowest BCUT2D eigenvalue weighted by atomic mass is 9.88. The number of nitrogens with one attached hydrogen (secondary N) is 1. The third kappa shape index (κ3) is 8.36. The van der Waals surface area contributed by atoms with E-state index in [1.54, 1.807) is 0 Å². The van der Waals surface area contributed by atoms with Crippen molar-refractivity contribution in [3.8, 4) is 0 Å². The topological polar surface area (TPSA) is 46.2 Å². The first-order valence-electron chi connectivity index (χ1n) is 5.72. The van der Waals surface area contributed by atoms with Crippen molar-refractivity contribution in [1.82, 2.24) is 4.72 Å². The fourth-order valence-corrected chi connectivity index (χ4v) is 3.18. The summed E-state index contributed by atoms with van der Waals surface area (Å²) >= 11 is 5.63. The quantitative estimate of drug-likeness (QED) is 0.689. The molecule has 0 saturated heterocycles. The summed E-state index contributed by atoms with van der Waals surface area (Å²) in [6, 6.07) is 0. The second-order valence-electron chi connectivity index (χ2n) is 5.45. The number of rotatable bonds is 8. The summed E-state index contributed by atoms with van der Waals surface area (Å²) in [5.74, 6) is 0.976. The molecule has 0 amide bonds. The largest absolute Gasteiger partial charge is 0.215 e. The van der Waals surface area contributed by atoms with Gasteiger partial charge in [-0.3, -0.25) is 0 Å². The Bertz CT molecular complexity index is 286. The van der Waals surface area contributed by atoms with Gasteiger partial charge in [-0.15, -0.1) is 11.6 Å². The molecule has 16 heavy (non-hydrogen) atoms. The van der Waals surface area contributed by atoms with E-state index in [4.69, 9.17) is 11.6 Å². The van der Waals surface area contributed by atoms with Gasteiger partial charge in [0.15, 0.2) is 0 Å². The van der Waals surface area contributed by atoms with E-state index in [0.29, 0.717) is 12.4 Å². The van der Waals surface area contributed by atoms with Crippen molar-refractivity contribution >= 4 is 21.6 Å². The Labute approximate surface area is 105 Å². The Balaban J connectivity index is 4.12. The zero-order chi connectivity index (χ0) is 12.8. The van der Waals surface area contributed by atoms with Gasteiger partial charge in [0, 0.05) is 12.4 Å². The van der Waals surface area contributed by atoms with E-state index in [1.807, 2.05) is 13.8 Å². The maximum absolute atomic E-state index is 11.6. The molecule has 0 fully saturated rings. The SMILES string of the molecule is CC(C)CS(=O)(=O)NCC(C)(C)CCCCl. The van der Waals surface area contributed by atoms with Gasteiger partial charge in [-0.05, 0) is 24.2 Å². The van der Waals surface area contributed by atoms with E-state index >= 15 is 0 Å². The molecule has 0 heterocycles. The molecular formula is C11H24ClNO2S. The van der Waals surface area contributed by atoms with Gasteiger partial charge in [-0.2, -0.15) is 0 Å². The lowest BCUT2D eigenvalue weighted by Crippen LogP contribution is -2.36. The van der Waals surface area contributed by atoms with Crippen LogP contribution in [0.4, 0.5) is 0 Å². The number of hydrogen-bond acceptors (Lipinski definition) is 2. The van der Waals surface area contributed by atoms with Crippen LogP contribution in [0.3, 0.4) is 0 Å². The molecule has 0 aliphatic rings. The maximum atomic E-state index is 11.6. The highest BCUT2D eigenvalue weighted by atomic mass is 35.5. The predicted molar refractivity (Wildman–Crippen MR) is 70.4 cm³/mol. The van der Waals surface area contributed by atoms with Crippen LogP contribution in [0.15, 0.2) is 0 Å². The van der Waals surface area contributed by atoms with Gasteiger partial charge in [0.05, 0.1) is 5.75 Å². The van der Waals surface area contributed by atoms with Gasteiger partial charge < -0.3 is 0 Å². The zero-order valence-corrected chi connectivity index (χ0v) is 12.3. The summed E-state index contributed by atoms with van der Waals surface area (Å²) in [5.41, 5.74) is -0.0288. The molecule has 5 heteroatoms. The average molecular weight is 270 g/mol.